The predicted molar refractivity (Wildman–Crippen MR) is 107 cm³/mol. The Kier molecular flexibility index (Phi) is 5.07. The molecule has 0 saturated carbocycles. The van der Waals surface area contributed by atoms with Crippen molar-refractivity contribution in [2.24, 2.45) is 5.10 Å². The fourth-order valence-corrected chi connectivity index (χ4v) is 4.54. The van der Waals surface area contributed by atoms with Crippen LogP contribution in [0.1, 0.15) is 0 Å². The summed E-state index contributed by atoms with van der Waals surface area (Å²) in [4.78, 5) is 12.6. The van der Waals surface area contributed by atoms with E-state index in [1.165, 1.54) is 5.01 Å². The van der Waals surface area contributed by atoms with Gasteiger partial charge in [-0.3, -0.25) is 15.6 Å². The summed E-state index contributed by atoms with van der Waals surface area (Å²) >= 11 is 10.3. The van der Waals surface area contributed by atoms with Crippen LogP contribution in [0.4, 0.5) is 11.4 Å². The molecule has 1 fully saturated rings. The van der Waals surface area contributed by atoms with Gasteiger partial charge in [-0.25, -0.2) is 5.01 Å². The summed E-state index contributed by atoms with van der Waals surface area (Å²) in [6.07, 6.45) is 0. The van der Waals surface area contributed by atoms with Crippen molar-refractivity contribution in [3.05, 3.63) is 68.2 Å². The molecule has 3 rings (SSSR count). The van der Waals surface area contributed by atoms with Gasteiger partial charge in [0.05, 0.1) is 17.1 Å². The smallest absolute Gasteiger partial charge is 0.289 e. The number of para-hydroxylation sites is 1. The number of halogens is 3. The van der Waals surface area contributed by atoms with E-state index in [4.69, 9.17) is 0 Å². The van der Waals surface area contributed by atoms with Gasteiger partial charge in [0.15, 0.2) is 5.71 Å². The van der Waals surface area contributed by atoms with Crippen molar-refractivity contribution in [1.29, 1.82) is 0 Å². The zero-order valence-electron chi connectivity index (χ0n) is 12.2. The van der Waals surface area contributed by atoms with Gasteiger partial charge in [0.2, 0.25) is 0 Å². The number of anilines is 2. The van der Waals surface area contributed by atoms with Crippen LogP contribution >= 0.6 is 47.8 Å². The first kappa shape index (κ1) is 17.2. The van der Waals surface area contributed by atoms with Gasteiger partial charge in [0, 0.05) is 13.4 Å². The summed E-state index contributed by atoms with van der Waals surface area (Å²) in [5.74, 6) is -0.275. The molecule has 24 heavy (non-hydrogen) atoms. The quantitative estimate of drug-likeness (QED) is 0.578. The maximum absolute atomic E-state index is 12.6. The molecular weight excluding hydrogens is 504 g/mol. The number of hydrogen-bond acceptors (Lipinski definition) is 4. The normalized spacial score (nSPS) is 15.8. The van der Waals surface area contributed by atoms with Gasteiger partial charge >= 0.3 is 0 Å². The average Bonchev–Trinajstić information content (AvgIpc) is 2.82. The molecule has 2 aromatic rings. The van der Waals surface area contributed by atoms with Crippen LogP contribution in [-0.2, 0) is 4.79 Å². The van der Waals surface area contributed by atoms with Crippen LogP contribution in [0.5, 0.6) is 0 Å². The lowest BCUT2D eigenvalue weighted by molar-refractivity contribution is -0.112. The van der Waals surface area contributed by atoms with Crippen molar-refractivity contribution in [3.63, 3.8) is 0 Å². The van der Waals surface area contributed by atoms with E-state index in [9.17, 15) is 4.79 Å². The largest absolute Gasteiger partial charge is 0.299 e. The maximum Gasteiger partial charge on any atom is 0.299 e. The zero-order chi connectivity index (χ0) is 17.3. The number of carbonyl (C=O) groups excluding carboxylic acids is 1. The molecule has 122 valence electrons. The summed E-state index contributed by atoms with van der Waals surface area (Å²) in [6.45, 7) is 3.86. The highest BCUT2D eigenvalue weighted by molar-refractivity contribution is 9.11. The number of hydrogen-bond donors (Lipinski definition) is 2. The number of rotatable bonds is 3. The van der Waals surface area contributed by atoms with Crippen LogP contribution < -0.4 is 15.9 Å². The minimum Gasteiger partial charge on any atom is -0.289 e. The van der Waals surface area contributed by atoms with E-state index in [0.29, 0.717) is 11.4 Å². The molecule has 0 aliphatic carbocycles. The molecule has 8 heteroatoms. The fraction of sp³-hybridized carbons (Fsp3) is 0. The van der Waals surface area contributed by atoms with E-state index >= 15 is 0 Å². The first-order valence-corrected chi connectivity index (χ1v) is 9.19. The molecule has 0 bridgehead atoms. The van der Waals surface area contributed by atoms with Gasteiger partial charge in [-0.1, -0.05) is 40.7 Å². The second-order valence-corrected chi connectivity index (χ2v) is 7.51. The Hall–Kier alpha value is -1.64. The van der Waals surface area contributed by atoms with Gasteiger partial charge in [0.25, 0.3) is 5.91 Å². The Morgan fingerprint density at radius 1 is 1.08 bits per heavy atom. The van der Waals surface area contributed by atoms with E-state index in [1.54, 1.807) is 0 Å². The minimum atomic E-state index is -0.275. The number of hydrazine groups is 1. The molecule has 1 saturated heterocycles. The topological polar surface area (TPSA) is 56.7 Å². The Balaban J connectivity index is 1.86. The number of amides is 1. The number of benzene rings is 2. The minimum absolute atomic E-state index is 0.223. The van der Waals surface area contributed by atoms with Crippen molar-refractivity contribution < 1.29 is 4.79 Å². The zero-order valence-corrected chi connectivity index (χ0v) is 16.9. The fourth-order valence-electron chi connectivity index (χ4n) is 2.11. The third kappa shape index (κ3) is 3.40. The number of nitrogens with zero attached hydrogens (tertiary/aromatic N) is 2. The molecule has 0 unspecified atom stereocenters. The molecule has 2 aromatic carbocycles. The average molecular weight is 515 g/mol. The summed E-state index contributed by atoms with van der Waals surface area (Å²) in [5.41, 5.74) is 7.93. The van der Waals surface area contributed by atoms with Gasteiger partial charge in [-0.05, 0) is 56.1 Å². The Labute approximate surface area is 164 Å². The highest BCUT2D eigenvalue weighted by atomic mass is 79.9. The Bertz CT molecular complexity index is 829. The van der Waals surface area contributed by atoms with Gasteiger partial charge in [-0.2, -0.15) is 5.10 Å². The van der Waals surface area contributed by atoms with Gasteiger partial charge in [-0.15, -0.1) is 0 Å². The van der Waals surface area contributed by atoms with Crippen LogP contribution in [-0.4, -0.2) is 11.6 Å². The van der Waals surface area contributed by atoms with Crippen LogP contribution in [0.3, 0.4) is 0 Å². The summed E-state index contributed by atoms with van der Waals surface area (Å²) in [5, 5.41) is 5.63. The molecule has 0 spiro atoms. The van der Waals surface area contributed by atoms with Crippen LogP contribution in [0, 0.1) is 0 Å². The number of hydrazone groups is 1. The highest BCUT2D eigenvalue weighted by Crippen LogP contribution is 2.34. The van der Waals surface area contributed by atoms with E-state index in [1.807, 2.05) is 42.5 Å². The van der Waals surface area contributed by atoms with Gasteiger partial charge in [0.1, 0.15) is 0 Å². The maximum atomic E-state index is 12.6. The lowest BCUT2D eigenvalue weighted by Gasteiger charge is -2.14. The second kappa shape index (κ2) is 7.08. The van der Waals surface area contributed by atoms with Crippen molar-refractivity contribution in [2.75, 3.05) is 10.4 Å². The standard InChI is InChI=1S/C16H11Br3N4O/c1-9-14(16(24)23(22-9)11-5-3-2-4-6-11)20-21-15-12(18)7-10(17)8-13(15)19/h2-8,21-22H,1H2. The van der Waals surface area contributed by atoms with Gasteiger partial charge < -0.3 is 0 Å². The molecule has 1 heterocycles. The highest BCUT2D eigenvalue weighted by Gasteiger charge is 2.32. The summed E-state index contributed by atoms with van der Waals surface area (Å²) in [6, 6.07) is 13.0. The molecule has 0 atom stereocenters. The van der Waals surface area contributed by atoms with Crippen molar-refractivity contribution in [1.82, 2.24) is 5.43 Å². The van der Waals surface area contributed by atoms with E-state index < -0.39 is 0 Å². The first-order valence-electron chi connectivity index (χ1n) is 6.81. The molecule has 1 amide bonds. The third-order valence-electron chi connectivity index (χ3n) is 3.24. The third-order valence-corrected chi connectivity index (χ3v) is 4.95. The lowest BCUT2D eigenvalue weighted by atomic mass is 10.3. The lowest BCUT2D eigenvalue weighted by Crippen LogP contribution is -2.34. The molecule has 1 aliphatic rings. The predicted octanol–water partition coefficient (Wildman–Crippen LogP) is 4.81. The molecular formula is C16H11Br3N4O. The van der Waals surface area contributed by atoms with Crippen molar-refractivity contribution in [3.8, 4) is 0 Å². The Morgan fingerprint density at radius 3 is 2.33 bits per heavy atom. The Morgan fingerprint density at radius 2 is 1.71 bits per heavy atom. The van der Waals surface area contributed by atoms with E-state index in [2.05, 4.69) is 70.3 Å². The van der Waals surface area contributed by atoms with Crippen molar-refractivity contribution in [2.45, 2.75) is 0 Å². The van der Waals surface area contributed by atoms with Crippen LogP contribution in [0.15, 0.2) is 73.3 Å². The van der Waals surface area contributed by atoms with Crippen molar-refractivity contribution >= 4 is 70.8 Å². The summed E-state index contributed by atoms with van der Waals surface area (Å²) < 4.78 is 2.52. The van der Waals surface area contributed by atoms with E-state index in [0.717, 1.165) is 19.1 Å². The molecule has 5 nitrogen and oxygen atoms in total. The monoisotopic (exact) mass is 512 g/mol. The number of carbonyl (C=O) groups is 1. The SMILES string of the molecule is C=C1NN(c2ccccc2)C(=O)C1=NNc1c(Br)cc(Br)cc1Br. The molecule has 0 radical (unpaired) electrons. The summed E-state index contributed by atoms with van der Waals surface area (Å²) in [7, 11) is 0. The van der Waals surface area contributed by atoms with E-state index in [-0.39, 0.29) is 11.6 Å². The number of nitrogens with one attached hydrogen (secondary N) is 2. The molecule has 0 aromatic heterocycles. The molecule has 2 N–H and O–H groups in total. The van der Waals surface area contributed by atoms with Crippen LogP contribution in [0.25, 0.3) is 0 Å². The second-order valence-electron chi connectivity index (χ2n) is 4.88. The van der Waals surface area contributed by atoms with Crippen LogP contribution in [0.2, 0.25) is 0 Å². The first-order chi connectivity index (χ1) is 11.5. The molecule has 1 aliphatic heterocycles.